The average molecular weight is 236 g/mol. The highest BCUT2D eigenvalue weighted by Gasteiger charge is 2.13. The molecule has 0 saturated heterocycles. The van der Waals surface area contributed by atoms with E-state index in [1.165, 1.54) is 7.11 Å². The van der Waals surface area contributed by atoms with Crippen molar-refractivity contribution >= 4 is 5.78 Å². The largest absolute Gasteiger partial charge is 0.493 e. The molecule has 0 amide bonds. The number of Topliss-reactive ketones (excluding diaryl/α,β-unsaturated/α-hetero) is 1. The van der Waals surface area contributed by atoms with E-state index in [2.05, 4.69) is 13.8 Å². The molecule has 1 aromatic rings. The van der Waals surface area contributed by atoms with Crippen molar-refractivity contribution in [3.63, 3.8) is 0 Å². The summed E-state index contributed by atoms with van der Waals surface area (Å²) in [6.07, 6.45) is 0. The topological polar surface area (TPSA) is 35.5 Å². The number of ketones is 1. The summed E-state index contributed by atoms with van der Waals surface area (Å²) in [5, 5.41) is 0. The number of rotatable bonds is 6. The van der Waals surface area contributed by atoms with E-state index in [1.807, 2.05) is 25.1 Å². The third kappa shape index (κ3) is 4.19. The molecule has 0 saturated carbocycles. The number of aryl methyl sites for hydroxylation is 1. The first-order chi connectivity index (χ1) is 8.04. The summed E-state index contributed by atoms with van der Waals surface area (Å²) in [6.45, 7) is 6.79. The molecule has 0 aromatic heterocycles. The lowest BCUT2D eigenvalue weighted by Crippen LogP contribution is -2.12. The molecule has 1 aromatic carbocycles. The van der Waals surface area contributed by atoms with Gasteiger partial charge in [0.2, 0.25) is 0 Å². The summed E-state index contributed by atoms with van der Waals surface area (Å²) >= 11 is 0. The van der Waals surface area contributed by atoms with Gasteiger partial charge in [-0.3, -0.25) is 4.79 Å². The molecule has 3 heteroatoms. The van der Waals surface area contributed by atoms with Crippen molar-refractivity contribution in [3.8, 4) is 5.75 Å². The fourth-order valence-corrected chi connectivity index (χ4v) is 1.45. The van der Waals surface area contributed by atoms with Crippen molar-refractivity contribution < 1.29 is 14.3 Å². The monoisotopic (exact) mass is 236 g/mol. The second kappa shape index (κ2) is 6.40. The molecule has 0 aliphatic heterocycles. The van der Waals surface area contributed by atoms with Gasteiger partial charge in [-0.15, -0.1) is 0 Å². The fraction of sp³-hybridized carbons (Fsp3) is 0.500. The second-order valence-electron chi connectivity index (χ2n) is 4.56. The number of ether oxygens (including phenoxy) is 2. The average Bonchev–Trinajstić information content (AvgIpc) is 2.27. The van der Waals surface area contributed by atoms with Crippen molar-refractivity contribution in [1.29, 1.82) is 0 Å². The lowest BCUT2D eigenvalue weighted by atomic mass is 10.1. The van der Waals surface area contributed by atoms with E-state index >= 15 is 0 Å². The first-order valence-electron chi connectivity index (χ1n) is 5.80. The van der Waals surface area contributed by atoms with Crippen molar-refractivity contribution in [2.45, 2.75) is 20.8 Å². The van der Waals surface area contributed by atoms with Gasteiger partial charge in [-0.05, 0) is 25.0 Å². The third-order valence-corrected chi connectivity index (χ3v) is 2.28. The Balaban J connectivity index is 2.91. The van der Waals surface area contributed by atoms with Crippen LogP contribution in [-0.4, -0.2) is 26.1 Å². The number of benzene rings is 1. The summed E-state index contributed by atoms with van der Waals surface area (Å²) in [7, 11) is 1.52. The van der Waals surface area contributed by atoms with Crippen LogP contribution in [0.25, 0.3) is 0 Å². The minimum absolute atomic E-state index is 0.0463. The van der Waals surface area contributed by atoms with Crippen LogP contribution in [0.3, 0.4) is 0 Å². The van der Waals surface area contributed by atoms with Crippen molar-refractivity contribution in [2.75, 3.05) is 20.3 Å². The molecular formula is C14H20O3. The minimum Gasteiger partial charge on any atom is -0.493 e. The zero-order chi connectivity index (χ0) is 12.8. The Labute approximate surface area is 103 Å². The van der Waals surface area contributed by atoms with E-state index in [-0.39, 0.29) is 12.4 Å². The number of carbonyl (C=O) groups excluding carboxylic acids is 1. The van der Waals surface area contributed by atoms with Crippen molar-refractivity contribution in [3.05, 3.63) is 29.3 Å². The van der Waals surface area contributed by atoms with Crippen molar-refractivity contribution in [1.82, 2.24) is 0 Å². The van der Waals surface area contributed by atoms with E-state index in [0.29, 0.717) is 23.8 Å². The van der Waals surface area contributed by atoms with Crippen LogP contribution < -0.4 is 4.74 Å². The highest BCUT2D eigenvalue weighted by Crippen LogP contribution is 2.21. The Hall–Kier alpha value is -1.35. The first kappa shape index (κ1) is 13.7. The molecule has 0 unspecified atom stereocenters. The molecule has 3 nitrogen and oxygen atoms in total. The molecule has 0 fully saturated rings. The number of methoxy groups -OCH3 is 1. The summed E-state index contributed by atoms with van der Waals surface area (Å²) in [6, 6.07) is 5.64. The van der Waals surface area contributed by atoms with Crippen LogP contribution in [0, 0.1) is 12.8 Å². The number of carbonyl (C=O) groups is 1. The van der Waals surface area contributed by atoms with Crippen LogP contribution in [0.4, 0.5) is 0 Å². The smallest absolute Gasteiger partial charge is 0.192 e. The third-order valence-electron chi connectivity index (χ3n) is 2.28. The lowest BCUT2D eigenvalue weighted by Gasteiger charge is -2.13. The van der Waals surface area contributed by atoms with Crippen LogP contribution in [-0.2, 0) is 4.74 Å². The summed E-state index contributed by atoms with van der Waals surface area (Å²) in [5.41, 5.74) is 1.65. The van der Waals surface area contributed by atoms with E-state index in [0.717, 1.165) is 5.56 Å². The summed E-state index contributed by atoms with van der Waals surface area (Å²) < 4.78 is 10.5. The molecule has 94 valence electrons. The maximum atomic E-state index is 11.9. The standard InChI is InChI=1S/C14H20O3/c1-10(2)8-17-14-6-5-11(3)7-12(14)13(15)9-16-4/h5-7,10H,8-9H2,1-4H3. The Kier molecular flexibility index (Phi) is 5.16. The van der Waals surface area contributed by atoms with Crippen LogP contribution in [0.2, 0.25) is 0 Å². The molecular weight excluding hydrogens is 216 g/mol. The van der Waals surface area contributed by atoms with Crippen LogP contribution >= 0.6 is 0 Å². The van der Waals surface area contributed by atoms with Crippen LogP contribution in [0.5, 0.6) is 5.75 Å². The van der Waals surface area contributed by atoms with Gasteiger partial charge in [0, 0.05) is 7.11 Å². The molecule has 0 atom stereocenters. The SMILES string of the molecule is COCC(=O)c1cc(C)ccc1OCC(C)C. The van der Waals surface area contributed by atoms with Gasteiger partial charge >= 0.3 is 0 Å². The van der Waals surface area contributed by atoms with E-state index in [4.69, 9.17) is 9.47 Å². The molecule has 0 aliphatic rings. The van der Waals surface area contributed by atoms with Crippen LogP contribution in [0.1, 0.15) is 29.8 Å². The Morgan fingerprint density at radius 1 is 1.35 bits per heavy atom. The Morgan fingerprint density at radius 2 is 2.06 bits per heavy atom. The molecule has 0 spiro atoms. The molecule has 0 bridgehead atoms. The minimum atomic E-state index is -0.0463. The summed E-state index contributed by atoms with van der Waals surface area (Å²) in [4.78, 5) is 11.9. The van der Waals surface area contributed by atoms with Gasteiger partial charge in [0.25, 0.3) is 0 Å². The molecule has 0 heterocycles. The van der Waals surface area contributed by atoms with Gasteiger partial charge in [0.05, 0.1) is 12.2 Å². The lowest BCUT2D eigenvalue weighted by molar-refractivity contribution is 0.0843. The van der Waals surface area contributed by atoms with E-state index < -0.39 is 0 Å². The Morgan fingerprint density at radius 3 is 2.65 bits per heavy atom. The zero-order valence-electron chi connectivity index (χ0n) is 10.9. The Bertz CT molecular complexity index is 383. The van der Waals surface area contributed by atoms with E-state index in [1.54, 1.807) is 0 Å². The maximum absolute atomic E-state index is 11.9. The highest BCUT2D eigenvalue weighted by molar-refractivity contribution is 5.99. The van der Waals surface area contributed by atoms with Gasteiger partial charge < -0.3 is 9.47 Å². The first-order valence-corrected chi connectivity index (χ1v) is 5.80. The number of hydrogen-bond acceptors (Lipinski definition) is 3. The molecule has 17 heavy (non-hydrogen) atoms. The summed E-state index contributed by atoms with van der Waals surface area (Å²) in [5.74, 6) is 1.03. The van der Waals surface area contributed by atoms with Gasteiger partial charge in [0.1, 0.15) is 12.4 Å². The quantitative estimate of drug-likeness (QED) is 0.712. The van der Waals surface area contributed by atoms with E-state index in [9.17, 15) is 4.79 Å². The zero-order valence-corrected chi connectivity index (χ0v) is 10.9. The molecule has 0 radical (unpaired) electrons. The highest BCUT2D eigenvalue weighted by atomic mass is 16.5. The van der Waals surface area contributed by atoms with Crippen molar-refractivity contribution in [2.24, 2.45) is 5.92 Å². The van der Waals surface area contributed by atoms with Gasteiger partial charge in [0.15, 0.2) is 5.78 Å². The van der Waals surface area contributed by atoms with Crippen LogP contribution in [0.15, 0.2) is 18.2 Å². The van der Waals surface area contributed by atoms with Gasteiger partial charge in [-0.2, -0.15) is 0 Å². The predicted molar refractivity (Wildman–Crippen MR) is 67.7 cm³/mol. The normalized spacial score (nSPS) is 10.6. The van der Waals surface area contributed by atoms with Gasteiger partial charge in [-0.25, -0.2) is 0 Å². The molecule has 0 aliphatic carbocycles. The predicted octanol–water partition coefficient (Wildman–Crippen LogP) is 2.86. The molecule has 0 N–H and O–H groups in total. The fourth-order valence-electron chi connectivity index (χ4n) is 1.45. The second-order valence-corrected chi connectivity index (χ2v) is 4.56. The molecule has 1 rings (SSSR count). The number of hydrogen-bond donors (Lipinski definition) is 0. The van der Waals surface area contributed by atoms with Gasteiger partial charge in [-0.1, -0.05) is 25.5 Å². The maximum Gasteiger partial charge on any atom is 0.192 e.